The molecule has 0 fully saturated rings. The zero-order chi connectivity index (χ0) is 14.6. The van der Waals surface area contributed by atoms with Crippen LogP contribution in [0.5, 0.6) is 0 Å². The van der Waals surface area contributed by atoms with Gasteiger partial charge in [-0.1, -0.05) is 0 Å². The smallest absolute Gasteiger partial charge is 0.292 e. The maximum absolute atomic E-state index is 13.2. The van der Waals surface area contributed by atoms with Crippen molar-refractivity contribution in [2.75, 3.05) is 6.61 Å². The standard InChI is InChI=1S/C9H7F5N2O3/c10-6-2-7(11)8(16(17)18)1-5(6)3-15-19-4-9(12,13)14/h1-2,15H,3-4H2. The molecule has 1 aromatic carbocycles. The van der Waals surface area contributed by atoms with Crippen molar-refractivity contribution in [3.05, 3.63) is 39.4 Å². The first-order valence-corrected chi connectivity index (χ1v) is 4.74. The topological polar surface area (TPSA) is 64.4 Å². The zero-order valence-electron chi connectivity index (χ0n) is 9.13. The summed E-state index contributed by atoms with van der Waals surface area (Å²) in [5.74, 6) is -2.51. The number of rotatable bonds is 5. The Kier molecular flexibility index (Phi) is 4.72. The molecule has 0 spiro atoms. The molecule has 0 aliphatic heterocycles. The largest absolute Gasteiger partial charge is 0.413 e. The number of hydrogen-bond donors (Lipinski definition) is 1. The molecule has 1 N–H and O–H groups in total. The first kappa shape index (κ1) is 15.2. The summed E-state index contributed by atoms with van der Waals surface area (Å²) >= 11 is 0. The molecule has 0 atom stereocenters. The highest BCUT2D eigenvalue weighted by atomic mass is 19.4. The number of nitrogens with zero attached hydrogens (tertiary/aromatic N) is 1. The van der Waals surface area contributed by atoms with Gasteiger partial charge in [-0.15, -0.1) is 0 Å². The van der Waals surface area contributed by atoms with Gasteiger partial charge in [0.15, 0.2) is 6.61 Å². The molecule has 0 unspecified atom stereocenters. The van der Waals surface area contributed by atoms with Gasteiger partial charge in [0.25, 0.3) is 0 Å². The first-order valence-electron chi connectivity index (χ1n) is 4.74. The molecule has 0 amide bonds. The highest BCUT2D eigenvalue weighted by Crippen LogP contribution is 2.21. The second-order valence-electron chi connectivity index (χ2n) is 3.38. The van der Waals surface area contributed by atoms with Crippen molar-refractivity contribution in [2.45, 2.75) is 12.7 Å². The summed E-state index contributed by atoms with van der Waals surface area (Å²) in [4.78, 5) is 13.3. The minimum Gasteiger partial charge on any atom is -0.292 e. The third-order valence-electron chi connectivity index (χ3n) is 1.91. The average molecular weight is 286 g/mol. The van der Waals surface area contributed by atoms with E-state index in [0.29, 0.717) is 6.07 Å². The Bertz CT molecular complexity index is 478. The van der Waals surface area contributed by atoms with Crippen LogP contribution in [-0.2, 0) is 11.4 Å². The van der Waals surface area contributed by atoms with E-state index in [2.05, 4.69) is 4.84 Å². The summed E-state index contributed by atoms with van der Waals surface area (Å²) in [5.41, 5.74) is 0.409. The lowest BCUT2D eigenvalue weighted by Crippen LogP contribution is -2.24. The lowest BCUT2D eigenvalue weighted by molar-refractivity contribution is -0.387. The zero-order valence-corrected chi connectivity index (χ0v) is 9.13. The van der Waals surface area contributed by atoms with Gasteiger partial charge in [0.2, 0.25) is 5.82 Å². The van der Waals surface area contributed by atoms with E-state index in [1.807, 2.05) is 0 Å². The van der Waals surface area contributed by atoms with Gasteiger partial charge in [-0.25, -0.2) is 4.39 Å². The van der Waals surface area contributed by atoms with Crippen LogP contribution < -0.4 is 5.48 Å². The number of alkyl halides is 3. The second kappa shape index (κ2) is 5.89. The molecule has 0 aliphatic rings. The van der Waals surface area contributed by atoms with Crippen molar-refractivity contribution in [1.82, 2.24) is 5.48 Å². The molecule has 0 saturated heterocycles. The third kappa shape index (κ3) is 4.75. The number of halogens is 5. The van der Waals surface area contributed by atoms with Gasteiger partial charge in [-0.05, 0) is 0 Å². The fourth-order valence-electron chi connectivity index (χ4n) is 1.12. The van der Waals surface area contributed by atoms with Gasteiger partial charge in [0, 0.05) is 24.2 Å². The Labute approximate surface area is 103 Å². The maximum atomic E-state index is 13.2. The second-order valence-corrected chi connectivity index (χ2v) is 3.38. The molecule has 0 heterocycles. The summed E-state index contributed by atoms with van der Waals surface area (Å²) < 4.78 is 61.2. The molecule has 106 valence electrons. The van der Waals surface area contributed by atoms with Crippen molar-refractivity contribution < 1.29 is 31.7 Å². The van der Waals surface area contributed by atoms with E-state index in [4.69, 9.17) is 0 Å². The summed E-state index contributed by atoms with van der Waals surface area (Å²) in [5, 5.41) is 10.4. The molecular formula is C9H7F5N2O3. The van der Waals surface area contributed by atoms with E-state index >= 15 is 0 Å². The van der Waals surface area contributed by atoms with E-state index < -0.39 is 47.1 Å². The van der Waals surface area contributed by atoms with Crippen molar-refractivity contribution in [3.8, 4) is 0 Å². The quantitative estimate of drug-likeness (QED) is 0.391. The van der Waals surface area contributed by atoms with Crippen LogP contribution in [0.4, 0.5) is 27.6 Å². The number of nitro groups is 1. The summed E-state index contributed by atoms with van der Waals surface area (Å²) in [6.45, 7) is -2.19. The van der Waals surface area contributed by atoms with Crippen LogP contribution in [0.1, 0.15) is 5.56 Å². The number of benzene rings is 1. The van der Waals surface area contributed by atoms with Crippen molar-refractivity contribution in [3.63, 3.8) is 0 Å². The van der Waals surface area contributed by atoms with Crippen LogP contribution in [0.2, 0.25) is 0 Å². The van der Waals surface area contributed by atoms with Crippen LogP contribution in [-0.4, -0.2) is 17.7 Å². The Balaban J connectivity index is 2.68. The van der Waals surface area contributed by atoms with Crippen molar-refractivity contribution in [1.29, 1.82) is 0 Å². The molecule has 0 bridgehead atoms. The van der Waals surface area contributed by atoms with Crippen LogP contribution in [0, 0.1) is 21.7 Å². The van der Waals surface area contributed by atoms with Gasteiger partial charge < -0.3 is 0 Å². The molecule has 10 heteroatoms. The van der Waals surface area contributed by atoms with Crippen molar-refractivity contribution >= 4 is 5.69 Å². The van der Waals surface area contributed by atoms with Gasteiger partial charge >= 0.3 is 11.9 Å². The molecule has 1 rings (SSSR count). The van der Waals surface area contributed by atoms with Gasteiger partial charge in [-0.3, -0.25) is 15.0 Å². The van der Waals surface area contributed by atoms with Crippen molar-refractivity contribution in [2.24, 2.45) is 0 Å². The van der Waals surface area contributed by atoms with Gasteiger partial charge in [0.1, 0.15) is 5.82 Å². The van der Waals surface area contributed by atoms with E-state index in [0.717, 1.165) is 0 Å². The highest BCUT2D eigenvalue weighted by molar-refractivity contribution is 5.37. The predicted octanol–water partition coefficient (Wildman–Crippen LogP) is 2.46. The van der Waals surface area contributed by atoms with Crippen LogP contribution >= 0.6 is 0 Å². The number of hydroxylamine groups is 1. The Morgan fingerprint density at radius 3 is 2.42 bits per heavy atom. The molecule has 1 aromatic rings. The SMILES string of the molecule is O=[N+]([O-])c1cc(CNOCC(F)(F)F)c(F)cc1F. The molecule has 0 aromatic heterocycles. The minimum absolute atomic E-state index is 0.277. The van der Waals surface area contributed by atoms with Gasteiger partial charge in [0.05, 0.1) is 4.92 Å². The molecule has 0 radical (unpaired) electrons. The fourth-order valence-corrected chi connectivity index (χ4v) is 1.12. The van der Waals surface area contributed by atoms with Crippen LogP contribution in [0.15, 0.2) is 12.1 Å². The van der Waals surface area contributed by atoms with Crippen LogP contribution in [0.3, 0.4) is 0 Å². The third-order valence-corrected chi connectivity index (χ3v) is 1.91. The number of hydrogen-bond acceptors (Lipinski definition) is 4. The predicted molar refractivity (Wildman–Crippen MR) is 51.9 cm³/mol. The monoisotopic (exact) mass is 286 g/mol. The average Bonchev–Trinajstić information content (AvgIpc) is 2.24. The summed E-state index contributed by atoms with van der Waals surface area (Å²) in [6.07, 6.45) is -4.57. The number of nitro benzene ring substituents is 1. The van der Waals surface area contributed by atoms with E-state index in [9.17, 15) is 32.1 Å². The minimum atomic E-state index is -4.57. The lowest BCUT2D eigenvalue weighted by Gasteiger charge is -2.09. The Morgan fingerprint density at radius 2 is 1.89 bits per heavy atom. The normalized spacial score (nSPS) is 11.6. The fraction of sp³-hybridized carbons (Fsp3) is 0.333. The lowest BCUT2D eigenvalue weighted by atomic mass is 10.2. The summed E-state index contributed by atoms with van der Waals surface area (Å²) in [7, 11) is 0. The molecular weight excluding hydrogens is 279 g/mol. The summed E-state index contributed by atoms with van der Waals surface area (Å²) in [6, 6.07) is 0.855. The maximum Gasteiger partial charge on any atom is 0.413 e. The van der Waals surface area contributed by atoms with Crippen LogP contribution in [0.25, 0.3) is 0 Å². The molecule has 0 aliphatic carbocycles. The molecule has 5 nitrogen and oxygen atoms in total. The van der Waals surface area contributed by atoms with E-state index in [1.165, 1.54) is 0 Å². The Morgan fingerprint density at radius 1 is 1.26 bits per heavy atom. The van der Waals surface area contributed by atoms with E-state index in [1.54, 1.807) is 5.48 Å². The molecule has 19 heavy (non-hydrogen) atoms. The van der Waals surface area contributed by atoms with Gasteiger partial charge in [-0.2, -0.15) is 23.0 Å². The van der Waals surface area contributed by atoms with E-state index in [-0.39, 0.29) is 6.07 Å². The first-order chi connectivity index (χ1) is 8.70. The number of nitrogens with one attached hydrogen (secondary N) is 1. The molecule has 0 saturated carbocycles. The highest BCUT2D eigenvalue weighted by Gasteiger charge is 2.27. The Hall–Kier alpha value is -1.81.